The molecule has 2 saturated heterocycles. The molecular weight excluding hydrogens is 282 g/mol. The third-order valence-corrected chi connectivity index (χ3v) is 5.79. The maximum Gasteiger partial charge on any atom is 0.119 e. The lowest BCUT2D eigenvalue weighted by molar-refractivity contribution is -0.0958. The molecule has 2 fully saturated rings. The minimum Gasteiger partial charge on any atom is -0.490 e. The Bertz CT molecular complexity index is 456. The second-order valence-corrected chi connectivity index (χ2v) is 7.26. The monoisotopic (exact) mass is 307 g/mol. The van der Waals surface area contributed by atoms with Crippen molar-refractivity contribution in [1.29, 1.82) is 0 Å². The molecule has 3 nitrogen and oxygen atoms in total. The Balaban J connectivity index is 1.60. The molecule has 2 heterocycles. The highest BCUT2D eigenvalue weighted by Crippen LogP contribution is 2.39. The van der Waals surface area contributed by atoms with Crippen molar-refractivity contribution < 1.29 is 9.47 Å². The largest absolute Gasteiger partial charge is 0.490 e. The summed E-state index contributed by atoms with van der Waals surface area (Å²) in [7, 11) is 0. The van der Waals surface area contributed by atoms with E-state index in [2.05, 4.69) is 31.2 Å². The standard InChI is InChI=1S/C17H25NO2S/c1-2-16(18)13-3-5-14(6-4-13)20-15-7-9-19-17(11-15)8-10-21-12-17/h3-6,15-16H,2,7-12,18H2,1H3/t15?,16-,17?/m1/s1. The van der Waals surface area contributed by atoms with E-state index < -0.39 is 0 Å². The van der Waals surface area contributed by atoms with Gasteiger partial charge < -0.3 is 15.2 Å². The van der Waals surface area contributed by atoms with E-state index in [1.54, 1.807) is 0 Å². The van der Waals surface area contributed by atoms with Gasteiger partial charge in [0.15, 0.2) is 0 Å². The summed E-state index contributed by atoms with van der Waals surface area (Å²) in [5.41, 5.74) is 7.31. The second-order valence-electron chi connectivity index (χ2n) is 6.15. The number of hydrogen-bond donors (Lipinski definition) is 1. The second kappa shape index (κ2) is 6.59. The topological polar surface area (TPSA) is 44.5 Å². The van der Waals surface area contributed by atoms with Crippen LogP contribution in [-0.4, -0.2) is 29.8 Å². The zero-order chi connectivity index (χ0) is 14.7. The third-order valence-electron chi connectivity index (χ3n) is 4.57. The highest BCUT2D eigenvalue weighted by molar-refractivity contribution is 7.99. The van der Waals surface area contributed by atoms with Crippen LogP contribution in [0.4, 0.5) is 0 Å². The summed E-state index contributed by atoms with van der Waals surface area (Å²) in [6.45, 7) is 2.93. The van der Waals surface area contributed by atoms with E-state index in [-0.39, 0.29) is 17.7 Å². The zero-order valence-electron chi connectivity index (χ0n) is 12.7. The molecule has 0 aromatic heterocycles. The van der Waals surface area contributed by atoms with Crippen molar-refractivity contribution in [3.05, 3.63) is 29.8 Å². The van der Waals surface area contributed by atoms with Gasteiger partial charge in [-0.2, -0.15) is 11.8 Å². The Morgan fingerprint density at radius 2 is 2.24 bits per heavy atom. The summed E-state index contributed by atoms with van der Waals surface area (Å²) in [6, 6.07) is 8.40. The Morgan fingerprint density at radius 3 is 2.90 bits per heavy atom. The van der Waals surface area contributed by atoms with E-state index in [4.69, 9.17) is 15.2 Å². The summed E-state index contributed by atoms with van der Waals surface area (Å²) in [5.74, 6) is 3.29. The summed E-state index contributed by atoms with van der Waals surface area (Å²) in [5, 5.41) is 0. The van der Waals surface area contributed by atoms with Gasteiger partial charge in [0.05, 0.1) is 12.2 Å². The van der Waals surface area contributed by atoms with Gasteiger partial charge in [0.25, 0.3) is 0 Å². The Labute approximate surface area is 131 Å². The first kappa shape index (κ1) is 15.2. The SMILES string of the molecule is CC[C@@H](N)c1ccc(OC2CCOC3(CCSC3)C2)cc1. The van der Waals surface area contributed by atoms with E-state index >= 15 is 0 Å². The molecule has 2 aliphatic heterocycles. The first-order valence-electron chi connectivity index (χ1n) is 7.95. The highest BCUT2D eigenvalue weighted by atomic mass is 32.2. The van der Waals surface area contributed by atoms with Gasteiger partial charge >= 0.3 is 0 Å². The number of ether oxygens (including phenoxy) is 2. The van der Waals surface area contributed by atoms with Gasteiger partial charge in [0, 0.05) is 24.6 Å². The van der Waals surface area contributed by atoms with Gasteiger partial charge in [-0.15, -0.1) is 0 Å². The first-order chi connectivity index (χ1) is 10.2. The quantitative estimate of drug-likeness (QED) is 0.924. The molecule has 3 atom stereocenters. The van der Waals surface area contributed by atoms with E-state index in [1.807, 2.05) is 11.8 Å². The van der Waals surface area contributed by atoms with E-state index in [1.165, 1.54) is 17.7 Å². The number of thioether (sulfide) groups is 1. The van der Waals surface area contributed by atoms with Crippen LogP contribution in [0.5, 0.6) is 5.75 Å². The molecule has 116 valence electrons. The highest BCUT2D eigenvalue weighted by Gasteiger charge is 2.41. The van der Waals surface area contributed by atoms with Gasteiger partial charge in [-0.25, -0.2) is 0 Å². The number of benzene rings is 1. The van der Waals surface area contributed by atoms with Crippen molar-refractivity contribution in [2.75, 3.05) is 18.1 Å². The van der Waals surface area contributed by atoms with Crippen LogP contribution in [-0.2, 0) is 4.74 Å². The minimum atomic E-state index is 0.0814. The number of rotatable bonds is 4. The molecule has 3 rings (SSSR count). The Kier molecular flexibility index (Phi) is 4.77. The Hall–Kier alpha value is -0.710. The molecule has 0 bridgehead atoms. The van der Waals surface area contributed by atoms with Crippen molar-refractivity contribution >= 4 is 11.8 Å². The lowest BCUT2D eigenvalue weighted by Crippen LogP contribution is -2.43. The lowest BCUT2D eigenvalue weighted by Gasteiger charge is -2.37. The van der Waals surface area contributed by atoms with Crippen LogP contribution in [0, 0.1) is 0 Å². The molecule has 0 radical (unpaired) electrons. The van der Waals surface area contributed by atoms with Crippen molar-refractivity contribution in [2.45, 2.75) is 50.4 Å². The average molecular weight is 307 g/mol. The van der Waals surface area contributed by atoms with E-state index in [0.29, 0.717) is 0 Å². The average Bonchev–Trinajstić information content (AvgIpc) is 2.95. The zero-order valence-corrected chi connectivity index (χ0v) is 13.5. The lowest BCUT2D eigenvalue weighted by atomic mass is 9.91. The molecule has 0 saturated carbocycles. The molecule has 2 unspecified atom stereocenters. The third kappa shape index (κ3) is 3.55. The van der Waals surface area contributed by atoms with E-state index in [9.17, 15) is 0 Å². The number of nitrogens with two attached hydrogens (primary N) is 1. The van der Waals surface area contributed by atoms with Crippen molar-refractivity contribution in [1.82, 2.24) is 0 Å². The molecule has 2 N–H and O–H groups in total. The molecule has 1 spiro atoms. The van der Waals surface area contributed by atoms with Gasteiger partial charge in [-0.3, -0.25) is 0 Å². The fraction of sp³-hybridized carbons (Fsp3) is 0.647. The molecule has 0 amide bonds. The van der Waals surface area contributed by atoms with Crippen LogP contribution in [0.25, 0.3) is 0 Å². The van der Waals surface area contributed by atoms with Crippen LogP contribution in [0.3, 0.4) is 0 Å². The smallest absolute Gasteiger partial charge is 0.119 e. The maximum atomic E-state index is 6.18. The van der Waals surface area contributed by atoms with Crippen molar-refractivity contribution in [3.63, 3.8) is 0 Å². The van der Waals surface area contributed by atoms with Crippen LogP contribution in [0.2, 0.25) is 0 Å². The molecule has 0 aliphatic carbocycles. The first-order valence-corrected chi connectivity index (χ1v) is 9.10. The summed E-state index contributed by atoms with van der Waals surface area (Å²) < 4.78 is 12.2. The molecule has 1 aromatic rings. The predicted octanol–water partition coefficient (Wildman–Crippen LogP) is 3.53. The predicted molar refractivity (Wildman–Crippen MR) is 87.9 cm³/mol. The summed E-state index contributed by atoms with van der Waals surface area (Å²) in [6.07, 6.45) is 4.42. The molecule has 2 aliphatic rings. The van der Waals surface area contributed by atoms with Crippen molar-refractivity contribution in [2.24, 2.45) is 5.73 Å². The van der Waals surface area contributed by atoms with Gasteiger partial charge in [0.1, 0.15) is 11.9 Å². The fourth-order valence-electron chi connectivity index (χ4n) is 3.17. The Morgan fingerprint density at radius 1 is 1.43 bits per heavy atom. The minimum absolute atomic E-state index is 0.0814. The number of hydrogen-bond acceptors (Lipinski definition) is 4. The fourth-order valence-corrected chi connectivity index (χ4v) is 4.55. The normalized spacial score (nSPS) is 30.5. The van der Waals surface area contributed by atoms with Crippen LogP contribution in [0.15, 0.2) is 24.3 Å². The van der Waals surface area contributed by atoms with E-state index in [0.717, 1.165) is 37.4 Å². The van der Waals surface area contributed by atoms with Gasteiger partial charge in [-0.05, 0) is 36.3 Å². The molecule has 1 aromatic carbocycles. The summed E-state index contributed by atoms with van der Waals surface area (Å²) >= 11 is 2.00. The van der Waals surface area contributed by atoms with Gasteiger partial charge in [0.2, 0.25) is 0 Å². The molecular formula is C17H25NO2S. The van der Waals surface area contributed by atoms with Gasteiger partial charge in [-0.1, -0.05) is 19.1 Å². The van der Waals surface area contributed by atoms with Crippen LogP contribution >= 0.6 is 11.8 Å². The van der Waals surface area contributed by atoms with Crippen LogP contribution in [0.1, 0.15) is 44.2 Å². The summed E-state index contributed by atoms with van der Waals surface area (Å²) in [4.78, 5) is 0. The molecule has 4 heteroatoms. The van der Waals surface area contributed by atoms with Crippen LogP contribution < -0.4 is 10.5 Å². The van der Waals surface area contributed by atoms with Crippen molar-refractivity contribution in [3.8, 4) is 5.75 Å². The molecule has 21 heavy (non-hydrogen) atoms. The maximum absolute atomic E-state index is 6.18.